The summed E-state index contributed by atoms with van der Waals surface area (Å²) < 4.78 is 5.29. The molecule has 34 heavy (non-hydrogen) atoms. The van der Waals surface area contributed by atoms with Crippen LogP contribution in [0.25, 0.3) is 0 Å². The van der Waals surface area contributed by atoms with E-state index in [2.05, 4.69) is 33.0 Å². The Morgan fingerprint density at radius 3 is 2.62 bits per heavy atom. The van der Waals surface area contributed by atoms with Crippen molar-refractivity contribution in [3.63, 3.8) is 0 Å². The third kappa shape index (κ3) is 6.10. The Kier molecular flexibility index (Phi) is 10.1. The van der Waals surface area contributed by atoms with E-state index in [0.717, 1.165) is 38.5 Å². The van der Waals surface area contributed by atoms with Crippen LogP contribution in [-0.4, -0.2) is 53.4 Å². The molecule has 0 aromatic heterocycles. The Labute approximate surface area is 207 Å². The lowest BCUT2D eigenvalue weighted by Gasteiger charge is -2.60. The molecule has 0 aromatic carbocycles. The Morgan fingerprint density at radius 1 is 1.15 bits per heavy atom. The van der Waals surface area contributed by atoms with Crippen LogP contribution in [0.1, 0.15) is 91.9 Å². The van der Waals surface area contributed by atoms with Gasteiger partial charge in [0.1, 0.15) is 0 Å². The van der Waals surface area contributed by atoms with Gasteiger partial charge >= 0.3 is 6.09 Å². The van der Waals surface area contributed by atoms with Crippen LogP contribution in [-0.2, 0) is 4.74 Å². The summed E-state index contributed by atoms with van der Waals surface area (Å²) in [4.78, 5) is 11.7. The lowest BCUT2D eigenvalue weighted by atomic mass is 9.45. The van der Waals surface area contributed by atoms with Crippen molar-refractivity contribution in [2.24, 2.45) is 46.8 Å². The van der Waals surface area contributed by atoms with Gasteiger partial charge in [-0.05, 0) is 85.4 Å². The van der Waals surface area contributed by atoms with Crippen molar-refractivity contribution in [2.75, 3.05) is 19.8 Å². The average Bonchev–Trinajstić information content (AvgIpc) is 2.89. The van der Waals surface area contributed by atoms with Crippen molar-refractivity contribution in [1.82, 2.24) is 5.32 Å². The molecular weight excluding hydrogens is 430 g/mol. The maximum Gasteiger partial charge on any atom is 0.407 e. The largest absolute Gasteiger partial charge is 0.450 e. The number of carbonyl (C=O) groups excluding carboxylic acids is 1. The lowest BCUT2D eigenvalue weighted by Crippen LogP contribution is -2.58. The molecule has 4 N–H and O–H groups in total. The zero-order valence-corrected chi connectivity index (χ0v) is 22.0. The minimum Gasteiger partial charge on any atom is -0.450 e. The minimum absolute atomic E-state index is 0.0815. The molecule has 3 rings (SSSR count). The van der Waals surface area contributed by atoms with E-state index in [1.54, 1.807) is 0 Å². The summed E-state index contributed by atoms with van der Waals surface area (Å²) in [7, 11) is 0. The molecule has 3 saturated carbocycles. The third-order valence-electron chi connectivity index (χ3n) is 10.3. The summed E-state index contributed by atoms with van der Waals surface area (Å²) >= 11 is 0. The fourth-order valence-electron chi connectivity index (χ4n) is 8.21. The van der Waals surface area contributed by atoms with Gasteiger partial charge in [0, 0.05) is 6.54 Å². The van der Waals surface area contributed by atoms with Crippen LogP contribution in [0.2, 0.25) is 0 Å². The minimum atomic E-state index is -0.451. The van der Waals surface area contributed by atoms with Gasteiger partial charge in [0.25, 0.3) is 0 Å². The first kappa shape index (κ1) is 27.7. The number of fused-ring (bicyclic) bond motifs is 3. The van der Waals surface area contributed by atoms with E-state index in [4.69, 9.17) is 9.84 Å². The maximum absolute atomic E-state index is 11.7. The topological polar surface area (TPSA) is 99.0 Å². The molecule has 0 aromatic rings. The number of carbonyl (C=O) groups is 1. The van der Waals surface area contributed by atoms with Gasteiger partial charge in [0.2, 0.25) is 0 Å². The summed E-state index contributed by atoms with van der Waals surface area (Å²) in [5.41, 5.74) is 0.222. The van der Waals surface area contributed by atoms with Gasteiger partial charge in [-0.3, -0.25) is 0 Å². The van der Waals surface area contributed by atoms with Gasteiger partial charge in [0.15, 0.2) is 0 Å². The number of hydrogen-bond donors (Lipinski definition) is 4. The molecule has 0 spiro atoms. The standard InChI is InChI=1S/C28H51NO5/c1-5-22-24-17-21(31)11-13-28(24,4)23-8-6-7-20(10-9-19(3)25(23)26(22)32)18(2)12-16-34-27(33)29-14-15-30/h18-26,30-32H,5-17H2,1-4H3,(H,29,33)/t18-,19+,20?,21-,22-,23+,24+,25+,26-,28-/m1/s1. The van der Waals surface area contributed by atoms with Crippen LogP contribution in [0.3, 0.4) is 0 Å². The Bertz CT molecular complexity index is 644. The van der Waals surface area contributed by atoms with E-state index < -0.39 is 6.09 Å². The number of ether oxygens (including phenoxy) is 1. The maximum atomic E-state index is 11.7. The number of aliphatic hydroxyl groups excluding tert-OH is 3. The molecule has 3 fully saturated rings. The smallest absolute Gasteiger partial charge is 0.407 e. The summed E-state index contributed by atoms with van der Waals surface area (Å²) in [5.74, 6) is 3.20. The molecule has 6 nitrogen and oxygen atoms in total. The Hall–Kier alpha value is -0.850. The number of alkyl carbamates (subject to hydrolysis) is 1. The molecule has 6 heteroatoms. The first-order chi connectivity index (χ1) is 16.2. The van der Waals surface area contributed by atoms with Crippen molar-refractivity contribution < 1.29 is 24.9 Å². The molecule has 3 aliphatic rings. The van der Waals surface area contributed by atoms with Crippen molar-refractivity contribution >= 4 is 6.09 Å². The second-order valence-electron chi connectivity index (χ2n) is 12.1. The van der Waals surface area contributed by atoms with Crippen LogP contribution in [0.15, 0.2) is 0 Å². The predicted molar refractivity (Wildman–Crippen MR) is 134 cm³/mol. The molecule has 198 valence electrons. The van der Waals surface area contributed by atoms with Crippen molar-refractivity contribution in [2.45, 2.75) is 104 Å². The molecule has 0 saturated heterocycles. The zero-order chi connectivity index (χ0) is 24.9. The first-order valence-electron chi connectivity index (χ1n) is 14.1. The molecule has 1 amide bonds. The molecule has 3 aliphatic carbocycles. The Balaban J connectivity index is 1.66. The van der Waals surface area contributed by atoms with Gasteiger partial charge in [-0.15, -0.1) is 0 Å². The van der Waals surface area contributed by atoms with Crippen molar-refractivity contribution in [3.8, 4) is 0 Å². The normalized spacial score (nSPS) is 41.7. The fourth-order valence-corrected chi connectivity index (χ4v) is 8.21. The number of amides is 1. The van der Waals surface area contributed by atoms with Crippen LogP contribution in [0.5, 0.6) is 0 Å². The highest BCUT2D eigenvalue weighted by Gasteiger charge is 2.57. The molecular formula is C28H51NO5. The second kappa shape index (κ2) is 12.4. The molecule has 1 unspecified atom stereocenters. The van der Waals surface area contributed by atoms with Crippen molar-refractivity contribution in [3.05, 3.63) is 0 Å². The Morgan fingerprint density at radius 2 is 1.91 bits per heavy atom. The summed E-state index contributed by atoms with van der Waals surface area (Å²) in [6, 6.07) is 0. The van der Waals surface area contributed by atoms with Crippen molar-refractivity contribution in [1.29, 1.82) is 0 Å². The predicted octanol–water partition coefficient (Wildman–Crippen LogP) is 4.75. The third-order valence-corrected chi connectivity index (χ3v) is 10.3. The number of hydrogen-bond acceptors (Lipinski definition) is 5. The molecule has 0 bridgehead atoms. The molecule has 0 heterocycles. The number of rotatable bonds is 7. The molecule has 0 radical (unpaired) electrons. The van der Waals surface area contributed by atoms with Gasteiger partial charge in [-0.1, -0.05) is 53.4 Å². The van der Waals surface area contributed by atoms with E-state index in [9.17, 15) is 15.0 Å². The quantitative estimate of drug-likeness (QED) is 0.421. The van der Waals surface area contributed by atoms with Gasteiger partial charge in [-0.2, -0.15) is 0 Å². The monoisotopic (exact) mass is 481 g/mol. The highest BCUT2D eigenvalue weighted by Crippen LogP contribution is 2.61. The van der Waals surface area contributed by atoms with Crippen LogP contribution in [0, 0.1) is 46.8 Å². The SMILES string of the molecule is CC[C@H]1[C@@H](O)[C@H]2[C@@H](C)CCC([C@H](C)CCOC(=O)NCCO)CCC[C@@H]2[C@@]2(C)CC[C@@H](O)C[C@@H]12. The average molecular weight is 482 g/mol. The van der Waals surface area contributed by atoms with Crippen LogP contribution in [0.4, 0.5) is 4.79 Å². The highest BCUT2D eigenvalue weighted by molar-refractivity contribution is 5.66. The fraction of sp³-hybridized carbons (Fsp3) is 0.964. The highest BCUT2D eigenvalue weighted by atomic mass is 16.5. The number of nitrogens with one attached hydrogen (secondary N) is 1. The van der Waals surface area contributed by atoms with Gasteiger partial charge < -0.3 is 25.4 Å². The molecule has 10 atom stereocenters. The summed E-state index contributed by atoms with van der Waals surface area (Å²) in [6.07, 6.45) is 9.67. The van der Waals surface area contributed by atoms with E-state index in [1.807, 2.05) is 0 Å². The van der Waals surface area contributed by atoms with E-state index in [-0.39, 0.29) is 30.8 Å². The lowest BCUT2D eigenvalue weighted by molar-refractivity contribution is -0.173. The summed E-state index contributed by atoms with van der Waals surface area (Å²) in [5, 5.41) is 33.5. The summed E-state index contributed by atoms with van der Waals surface area (Å²) in [6.45, 7) is 9.92. The first-order valence-corrected chi connectivity index (χ1v) is 14.1. The van der Waals surface area contributed by atoms with E-state index in [0.29, 0.717) is 48.0 Å². The van der Waals surface area contributed by atoms with Crippen LogP contribution < -0.4 is 5.32 Å². The van der Waals surface area contributed by atoms with Gasteiger partial charge in [0.05, 0.1) is 25.4 Å². The van der Waals surface area contributed by atoms with Crippen LogP contribution >= 0.6 is 0 Å². The van der Waals surface area contributed by atoms with Gasteiger partial charge in [-0.25, -0.2) is 4.79 Å². The zero-order valence-electron chi connectivity index (χ0n) is 22.0. The second-order valence-corrected chi connectivity index (χ2v) is 12.1. The number of aliphatic hydroxyl groups is 3. The van der Waals surface area contributed by atoms with E-state index >= 15 is 0 Å². The molecule has 0 aliphatic heterocycles. The van der Waals surface area contributed by atoms with E-state index in [1.165, 1.54) is 25.7 Å².